The van der Waals surface area contributed by atoms with Gasteiger partial charge in [-0.15, -0.1) is 11.3 Å². The van der Waals surface area contributed by atoms with Gasteiger partial charge in [0.2, 0.25) is 5.91 Å². The maximum absolute atomic E-state index is 13.3. The number of nitrogens with zero attached hydrogens (tertiary/aromatic N) is 1. The van der Waals surface area contributed by atoms with Crippen LogP contribution in [0.25, 0.3) is 0 Å². The summed E-state index contributed by atoms with van der Waals surface area (Å²) in [4.78, 5) is 12.9. The first-order valence-electron chi connectivity index (χ1n) is 9.18. The van der Waals surface area contributed by atoms with Gasteiger partial charge >= 0.3 is 0 Å². The maximum Gasteiger partial charge on any atom is 0.274 e. The molecule has 0 fully saturated rings. The highest BCUT2D eigenvalue weighted by atomic mass is 32.2. The Morgan fingerprint density at radius 2 is 1.73 bits per heavy atom. The van der Waals surface area contributed by atoms with Crippen molar-refractivity contribution >= 4 is 38.6 Å². The van der Waals surface area contributed by atoms with Crippen LogP contribution in [0.15, 0.2) is 70.3 Å². The summed E-state index contributed by atoms with van der Waals surface area (Å²) < 4.78 is 38.6. The third kappa shape index (κ3) is 4.74. The molecule has 1 aromatic heterocycles. The van der Waals surface area contributed by atoms with Gasteiger partial charge in [-0.2, -0.15) is 0 Å². The number of hydrogen-bond acceptors (Lipinski definition) is 6. The predicted molar refractivity (Wildman–Crippen MR) is 118 cm³/mol. The molecule has 0 saturated heterocycles. The van der Waals surface area contributed by atoms with Gasteiger partial charge in [0.25, 0.3) is 10.0 Å². The number of nitrogens with one attached hydrogen (secondary N) is 1. The molecule has 0 atom stereocenters. The lowest BCUT2D eigenvalue weighted by atomic mass is 10.2. The lowest BCUT2D eigenvalue weighted by Gasteiger charge is -2.25. The molecule has 2 aromatic carbocycles. The molecule has 1 heterocycles. The summed E-state index contributed by atoms with van der Waals surface area (Å²) in [6.45, 7) is 1.85. The van der Waals surface area contributed by atoms with Crippen molar-refractivity contribution in [2.24, 2.45) is 0 Å². The Morgan fingerprint density at radius 1 is 1.03 bits per heavy atom. The first kappa shape index (κ1) is 21.7. The van der Waals surface area contributed by atoms with E-state index >= 15 is 0 Å². The molecule has 9 heteroatoms. The zero-order valence-electron chi connectivity index (χ0n) is 16.6. The topological polar surface area (TPSA) is 84.9 Å². The highest BCUT2D eigenvalue weighted by Gasteiger charge is 2.30. The van der Waals surface area contributed by atoms with Crippen LogP contribution in [0.2, 0.25) is 0 Å². The van der Waals surface area contributed by atoms with E-state index in [1.165, 1.54) is 13.2 Å². The summed E-state index contributed by atoms with van der Waals surface area (Å²) in [6.07, 6.45) is 0. The minimum Gasteiger partial charge on any atom is -0.495 e. The van der Waals surface area contributed by atoms with Crippen molar-refractivity contribution in [3.63, 3.8) is 0 Å². The Hall–Kier alpha value is -3.04. The number of anilines is 2. The number of amides is 1. The molecule has 0 radical (unpaired) electrons. The smallest absolute Gasteiger partial charge is 0.274 e. The van der Waals surface area contributed by atoms with E-state index in [-0.39, 0.29) is 9.90 Å². The highest BCUT2D eigenvalue weighted by molar-refractivity contribution is 7.94. The first-order chi connectivity index (χ1) is 14.5. The van der Waals surface area contributed by atoms with Crippen molar-refractivity contribution in [1.29, 1.82) is 0 Å². The van der Waals surface area contributed by atoms with Crippen LogP contribution >= 0.6 is 11.3 Å². The summed E-state index contributed by atoms with van der Waals surface area (Å²) in [7, 11) is -2.52. The number of para-hydroxylation sites is 4. The lowest BCUT2D eigenvalue weighted by Crippen LogP contribution is -2.38. The van der Waals surface area contributed by atoms with E-state index in [0.717, 1.165) is 15.6 Å². The molecule has 3 aromatic rings. The van der Waals surface area contributed by atoms with Crippen LogP contribution in [-0.4, -0.2) is 34.6 Å². The molecule has 1 N–H and O–H groups in total. The van der Waals surface area contributed by atoms with Gasteiger partial charge in [0.15, 0.2) is 0 Å². The molecular formula is C21H22N2O5S2. The van der Waals surface area contributed by atoms with Crippen molar-refractivity contribution < 1.29 is 22.7 Å². The quantitative estimate of drug-likeness (QED) is 0.537. The van der Waals surface area contributed by atoms with E-state index in [0.29, 0.717) is 23.8 Å². The average molecular weight is 447 g/mol. The Morgan fingerprint density at radius 3 is 2.40 bits per heavy atom. The van der Waals surface area contributed by atoms with E-state index in [2.05, 4.69) is 5.32 Å². The molecule has 7 nitrogen and oxygen atoms in total. The van der Waals surface area contributed by atoms with Crippen LogP contribution in [0, 0.1) is 0 Å². The number of ether oxygens (including phenoxy) is 2. The summed E-state index contributed by atoms with van der Waals surface area (Å²) in [5, 5.41) is 4.42. The van der Waals surface area contributed by atoms with Gasteiger partial charge in [0, 0.05) is 0 Å². The summed E-state index contributed by atoms with van der Waals surface area (Å²) in [5.74, 6) is 0.353. The minimum absolute atomic E-state index is 0.135. The zero-order valence-corrected chi connectivity index (χ0v) is 18.2. The third-order valence-corrected chi connectivity index (χ3v) is 7.27. The van der Waals surface area contributed by atoms with Gasteiger partial charge < -0.3 is 14.8 Å². The highest BCUT2D eigenvalue weighted by Crippen LogP contribution is 2.33. The van der Waals surface area contributed by atoms with Gasteiger partial charge in [-0.3, -0.25) is 9.10 Å². The summed E-state index contributed by atoms with van der Waals surface area (Å²) in [6, 6.07) is 16.8. The Balaban J connectivity index is 1.95. The van der Waals surface area contributed by atoms with Crippen LogP contribution in [-0.2, 0) is 14.8 Å². The van der Waals surface area contributed by atoms with Crippen LogP contribution < -0.4 is 19.1 Å². The minimum atomic E-state index is -3.97. The fourth-order valence-corrected chi connectivity index (χ4v) is 5.36. The van der Waals surface area contributed by atoms with Crippen molar-refractivity contribution in [3.8, 4) is 11.5 Å². The fourth-order valence-electron chi connectivity index (χ4n) is 2.83. The molecule has 0 aliphatic rings. The Labute approximate surface area is 179 Å². The van der Waals surface area contributed by atoms with Crippen molar-refractivity contribution in [1.82, 2.24) is 0 Å². The number of rotatable bonds is 9. The van der Waals surface area contributed by atoms with Crippen LogP contribution in [0.5, 0.6) is 11.5 Å². The lowest BCUT2D eigenvalue weighted by molar-refractivity contribution is -0.114. The molecule has 0 aliphatic carbocycles. The van der Waals surface area contributed by atoms with E-state index in [4.69, 9.17) is 9.47 Å². The number of carbonyl (C=O) groups excluding carboxylic acids is 1. The molecule has 3 rings (SSSR count). The number of thiophene rings is 1. The van der Waals surface area contributed by atoms with E-state index < -0.39 is 22.5 Å². The van der Waals surface area contributed by atoms with Crippen molar-refractivity contribution in [2.45, 2.75) is 11.1 Å². The van der Waals surface area contributed by atoms with Gasteiger partial charge in [-0.25, -0.2) is 8.42 Å². The van der Waals surface area contributed by atoms with Gasteiger partial charge in [-0.05, 0) is 42.6 Å². The molecular weight excluding hydrogens is 424 g/mol. The normalized spacial score (nSPS) is 11.0. The molecule has 0 saturated carbocycles. The molecule has 30 heavy (non-hydrogen) atoms. The van der Waals surface area contributed by atoms with E-state index in [1.54, 1.807) is 60.0 Å². The van der Waals surface area contributed by atoms with Gasteiger partial charge in [0.05, 0.1) is 25.1 Å². The number of sulfonamides is 1. The molecule has 1 amide bonds. The summed E-state index contributed by atoms with van der Waals surface area (Å²) in [5.41, 5.74) is 0.750. The van der Waals surface area contributed by atoms with Gasteiger partial charge in [0.1, 0.15) is 22.3 Å². The second kappa shape index (κ2) is 9.64. The molecule has 0 spiro atoms. The third-order valence-electron chi connectivity index (χ3n) is 4.14. The second-order valence-electron chi connectivity index (χ2n) is 6.09. The molecule has 158 valence electrons. The second-order valence-corrected chi connectivity index (χ2v) is 9.13. The Bertz CT molecular complexity index is 1100. The molecule has 0 aliphatic heterocycles. The maximum atomic E-state index is 13.3. The first-order valence-corrected chi connectivity index (χ1v) is 11.5. The number of hydrogen-bond donors (Lipinski definition) is 1. The number of benzene rings is 2. The monoisotopic (exact) mass is 446 g/mol. The van der Waals surface area contributed by atoms with Crippen LogP contribution in [0.3, 0.4) is 0 Å². The summed E-state index contributed by atoms with van der Waals surface area (Å²) >= 11 is 1.08. The Kier molecular flexibility index (Phi) is 6.96. The van der Waals surface area contributed by atoms with Crippen LogP contribution in [0.1, 0.15) is 6.92 Å². The van der Waals surface area contributed by atoms with Gasteiger partial charge in [-0.1, -0.05) is 30.3 Å². The predicted octanol–water partition coefficient (Wildman–Crippen LogP) is 3.99. The number of methoxy groups -OCH3 is 1. The van der Waals surface area contributed by atoms with Crippen molar-refractivity contribution in [2.75, 3.05) is 29.9 Å². The standard InChI is InChI=1S/C21H22N2O5S2/c1-3-28-18-11-6-4-9-16(18)22-20(24)15-23(17-10-5-7-12-19(17)27-2)30(25,26)21-13-8-14-29-21/h4-14H,3,15H2,1-2H3,(H,22,24). The largest absolute Gasteiger partial charge is 0.495 e. The average Bonchev–Trinajstić information content (AvgIpc) is 3.29. The molecule has 0 unspecified atom stereocenters. The number of carbonyl (C=O) groups is 1. The fraction of sp³-hybridized carbons (Fsp3) is 0.190. The zero-order chi connectivity index (χ0) is 21.6. The molecule has 0 bridgehead atoms. The van der Waals surface area contributed by atoms with Crippen molar-refractivity contribution in [3.05, 3.63) is 66.0 Å². The van der Waals surface area contributed by atoms with E-state index in [9.17, 15) is 13.2 Å². The SMILES string of the molecule is CCOc1ccccc1NC(=O)CN(c1ccccc1OC)S(=O)(=O)c1cccs1. The van der Waals surface area contributed by atoms with Crippen LogP contribution in [0.4, 0.5) is 11.4 Å². The van der Waals surface area contributed by atoms with E-state index in [1.807, 2.05) is 6.92 Å².